The lowest BCUT2D eigenvalue weighted by atomic mass is 9.82. The molecule has 7 rings (SSSR count). The number of pyridine rings is 2. The molecule has 210 valence electrons. The number of carboxylic acid groups (broad SMARTS) is 1. The van der Waals surface area contributed by atoms with Crippen molar-refractivity contribution >= 4 is 23.2 Å². The van der Waals surface area contributed by atoms with Gasteiger partial charge in [0.15, 0.2) is 5.65 Å². The molecule has 1 aromatic carbocycles. The first-order valence-electron chi connectivity index (χ1n) is 14.4. The van der Waals surface area contributed by atoms with Crippen LogP contribution >= 0.6 is 0 Å². The molecule has 1 amide bonds. The number of likely N-dealkylation sites (tertiary alicyclic amines) is 1. The van der Waals surface area contributed by atoms with Crippen LogP contribution in [0.2, 0.25) is 0 Å². The molecule has 41 heavy (non-hydrogen) atoms. The van der Waals surface area contributed by atoms with Crippen LogP contribution in [-0.4, -0.2) is 67.6 Å². The maximum absolute atomic E-state index is 13.5. The lowest BCUT2D eigenvalue weighted by Gasteiger charge is -2.26. The summed E-state index contributed by atoms with van der Waals surface area (Å²) >= 11 is 0. The van der Waals surface area contributed by atoms with Gasteiger partial charge in [-0.1, -0.05) is 43.3 Å². The predicted octanol–water partition coefficient (Wildman–Crippen LogP) is 4.56. The number of amides is 1. The van der Waals surface area contributed by atoms with Gasteiger partial charge < -0.3 is 14.9 Å². The largest absolute Gasteiger partial charge is 0.477 e. The number of hydrogen-bond acceptors (Lipinski definition) is 6. The monoisotopic (exact) mass is 550 g/mol. The molecule has 3 aliphatic rings. The van der Waals surface area contributed by atoms with Crippen LogP contribution in [-0.2, 0) is 5.41 Å². The van der Waals surface area contributed by atoms with Crippen molar-refractivity contribution in [2.24, 2.45) is 11.8 Å². The van der Waals surface area contributed by atoms with Gasteiger partial charge in [0.25, 0.3) is 5.91 Å². The van der Waals surface area contributed by atoms with Crippen LogP contribution in [0.3, 0.4) is 0 Å². The number of carbonyl (C=O) groups excluding carboxylic acids is 1. The highest BCUT2D eigenvalue weighted by atomic mass is 16.4. The molecule has 5 heterocycles. The number of carboxylic acids is 1. The zero-order valence-corrected chi connectivity index (χ0v) is 23.4. The second-order valence-corrected chi connectivity index (χ2v) is 12.3. The Morgan fingerprint density at radius 3 is 2.49 bits per heavy atom. The highest BCUT2D eigenvalue weighted by Gasteiger charge is 2.44. The SMILES string of the molecule is Cc1cc(N2CC[C@](C)(c3ccccc3)C2)cn2nc(C(=O)N3CC4CC(c5cccc(C(=O)O)n5)CC4C3)nc12. The Hall–Kier alpha value is -4.27. The maximum Gasteiger partial charge on any atom is 0.354 e. The standard InChI is InChI=1S/C32H34N6O3/c1-20-13-25(36-12-11-32(2,19-36)24-7-4-3-5-8-24)18-38-29(20)34-28(35-38)30(39)37-16-22-14-21(15-23(22)17-37)26-9-6-10-27(33-26)31(40)41/h3-10,13,18,21-23H,11-12,14-17,19H2,1-2H3,(H,40,41)/t21?,22?,23?,32-/m0/s1. The van der Waals surface area contributed by atoms with E-state index in [2.05, 4.69) is 63.3 Å². The van der Waals surface area contributed by atoms with E-state index >= 15 is 0 Å². The van der Waals surface area contributed by atoms with Crippen LogP contribution in [0, 0.1) is 18.8 Å². The summed E-state index contributed by atoms with van der Waals surface area (Å²) in [7, 11) is 0. The molecule has 2 unspecified atom stereocenters. The molecule has 0 bridgehead atoms. The molecule has 3 aromatic heterocycles. The van der Waals surface area contributed by atoms with Crippen molar-refractivity contribution in [3.63, 3.8) is 0 Å². The Balaban J connectivity index is 1.05. The Labute approximate surface area is 238 Å². The second-order valence-electron chi connectivity index (χ2n) is 12.3. The van der Waals surface area contributed by atoms with Gasteiger partial charge in [0.05, 0.1) is 11.9 Å². The number of carbonyl (C=O) groups is 2. The van der Waals surface area contributed by atoms with Gasteiger partial charge >= 0.3 is 5.97 Å². The fourth-order valence-electron chi connectivity index (χ4n) is 7.30. The third-order valence-corrected chi connectivity index (χ3v) is 9.55. The maximum atomic E-state index is 13.5. The fraction of sp³-hybridized carbons (Fsp3) is 0.406. The van der Waals surface area contributed by atoms with E-state index in [1.165, 1.54) is 11.6 Å². The van der Waals surface area contributed by atoms with Crippen LogP contribution in [0.25, 0.3) is 5.65 Å². The van der Waals surface area contributed by atoms with Crippen LogP contribution in [0.4, 0.5) is 5.69 Å². The Morgan fingerprint density at radius 2 is 1.76 bits per heavy atom. The lowest BCUT2D eigenvalue weighted by Crippen LogP contribution is -2.30. The minimum absolute atomic E-state index is 0.0858. The summed E-state index contributed by atoms with van der Waals surface area (Å²) in [5.74, 6) is 0.0930. The van der Waals surface area contributed by atoms with Gasteiger partial charge in [-0.15, -0.1) is 5.10 Å². The third kappa shape index (κ3) is 4.53. The zero-order valence-electron chi connectivity index (χ0n) is 23.4. The molecular weight excluding hydrogens is 516 g/mol. The molecule has 3 atom stereocenters. The summed E-state index contributed by atoms with van der Waals surface area (Å²) in [4.78, 5) is 38.2. The van der Waals surface area contributed by atoms with Crippen molar-refractivity contribution in [3.8, 4) is 0 Å². The summed E-state index contributed by atoms with van der Waals surface area (Å²) in [5.41, 5.74) is 5.19. The molecule has 0 radical (unpaired) electrons. The molecule has 4 aromatic rings. The molecule has 3 fully saturated rings. The molecule has 0 spiro atoms. The number of hydrogen-bond donors (Lipinski definition) is 1. The van der Waals surface area contributed by atoms with Crippen molar-refractivity contribution in [1.82, 2.24) is 24.5 Å². The Morgan fingerprint density at radius 1 is 1.00 bits per heavy atom. The highest BCUT2D eigenvalue weighted by molar-refractivity contribution is 5.91. The third-order valence-electron chi connectivity index (χ3n) is 9.55. The Bertz CT molecular complexity index is 1640. The first-order valence-corrected chi connectivity index (χ1v) is 14.4. The zero-order chi connectivity index (χ0) is 28.3. The number of aromatic carboxylic acids is 1. The average Bonchev–Trinajstić information content (AvgIpc) is 3.76. The van der Waals surface area contributed by atoms with Gasteiger partial charge in [-0.25, -0.2) is 19.3 Å². The van der Waals surface area contributed by atoms with Crippen LogP contribution < -0.4 is 4.90 Å². The molecule has 2 aliphatic heterocycles. The predicted molar refractivity (Wildman–Crippen MR) is 154 cm³/mol. The molecule has 9 heteroatoms. The van der Waals surface area contributed by atoms with Gasteiger partial charge in [-0.3, -0.25) is 4.79 Å². The molecule has 2 saturated heterocycles. The van der Waals surface area contributed by atoms with E-state index in [4.69, 9.17) is 0 Å². The van der Waals surface area contributed by atoms with Crippen LogP contribution in [0.15, 0.2) is 60.8 Å². The van der Waals surface area contributed by atoms with Gasteiger partial charge in [0.1, 0.15) is 5.69 Å². The van der Waals surface area contributed by atoms with E-state index in [0.29, 0.717) is 30.6 Å². The van der Waals surface area contributed by atoms with Crippen molar-refractivity contribution in [3.05, 3.63) is 89.1 Å². The molecule has 1 saturated carbocycles. The van der Waals surface area contributed by atoms with Gasteiger partial charge in [-0.2, -0.15) is 0 Å². The summed E-state index contributed by atoms with van der Waals surface area (Å²) in [6, 6.07) is 18.1. The molecule has 9 nitrogen and oxygen atoms in total. The highest BCUT2D eigenvalue weighted by Crippen LogP contribution is 2.46. The molecule has 1 aliphatic carbocycles. The number of aromatic nitrogens is 4. The molecule has 1 N–H and O–H groups in total. The van der Waals surface area contributed by atoms with Crippen molar-refractivity contribution in [1.29, 1.82) is 0 Å². The van der Waals surface area contributed by atoms with Gasteiger partial charge in [0, 0.05) is 43.2 Å². The van der Waals surface area contributed by atoms with E-state index in [1.807, 2.05) is 24.1 Å². The minimum atomic E-state index is -1.00. The van der Waals surface area contributed by atoms with Crippen LogP contribution in [0.5, 0.6) is 0 Å². The number of fused-ring (bicyclic) bond motifs is 2. The number of benzene rings is 1. The number of nitrogens with zero attached hydrogens (tertiary/aromatic N) is 6. The van der Waals surface area contributed by atoms with Gasteiger partial charge in [-0.05, 0) is 67.3 Å². The normalized spacial score (nSPS) is 25.7. The summed E-state index contributed by atoms with van der Waals surface area (Å²) in [6.45, 7) is 7.59. The number of rotatable bonds is 5. The lowest BCUT2D eigenvalue weighted by molar-refractivity contribution is 0.0688. The van der Waals surface area contributed by atoms with E-state index in [-0.39, 0.29) is 28.8 Å². The fourth-order valence-corrected chi connectivity index (χ4v) is 7.30. The van der Waals surface area contributed by atoms with Gasteiger partial charge in [0.2, 0.25) is 5.82 Å². The number of anilines is 1. The quantitative estimate of drug-likeness (QED) is 0.388. The summed E-state index contributed by atoms with van der Waals surface area (Å²) in [5, 5.41) is 13.9. The smallest absolute Gasteiger partial charge is 0.354 e. The van der Waals surface area contributed by atoms with Crippen molar-refractivity contribution in [2.45, 2.75) is 44.4 Å². The number of aryl methyl sites for hydroxylation is 1. The van der Waals surface area contributed by atoms with E-state index in [0.717, 1.165) is 49.3 Å². The van der Waals surface area contributed by atoms with E-state index in [9.17, 15) is 14.7 Å². The second kappa shape index (κ2) is 9.68. The molecular formula is C32H34N6O3. The van der Waals surface area contributed by atoms with Crippen LogP contribution in [0.1, 0.15) is 70.0 Å². The summed E-state index contributed by atoms with van der Waals surface area (Å²) in [6.07, 6.45) is 4.89. The van der Waals surface area contributed by atoms with Crippen molar-refractivity contribution in [2.75, 3.05) is 31.1 Å². The van der Waals surface area contributed by atoms with Crippen molar-refractivity contribution < 1.29 is 14.7 Å². The minimum Gasteiger partial charge on any atom is -0.477 e. The van der Waals surface area contributed by atoms with E-state index in [1.54, 1.807) is 10.6 Å². The Kier molecular flexibility index (Phi) is 6.06. The average molecular weight is 551 g/mol. The topological polar surface area (TPSA) is 104 Å². The first kappa shape index (κ1) is 25.7. The summed E-state index contributed by atoms with van der Waals surface area (Å²) < 4.78 is 1.77. The van der Waals surface area contributed by atoms with E-state index < -0.39 is 5.97 Å². The first-order chi connectivity index (χ1) is 19.8.